The Bertz CT molecular complexity index is 440. The minimum Gasteiger partial charge on any atom is -0.386 e. The molecule has 1 atom stereocenters. The molecule has 0 radical (unpaired) electrons. The zero-order chi connectivity index (χ0) is 13.2. The summed E-state index contributed by atoms with van der Waals surface area (Å²) < 4.78 is 0. The quantitative estimate of drug-likeness (QED) is 0.832. The van der Waals surface area contributed by atoms with Crippen molar-refractivity contribution in [1.82, 2.24) is 5.32 Å². The van der Waals surface area contributed by atoms with Crippen molar-refractivity contribution in [2.75, 3.05) is 6.54 Å². The summed E-state index contributed by atoms with van der Waals surface area (Å²) in [7, 11) is -1.35. The van der Waals surface area contributed by atoms with E-state index < -0.39 is 8.07 Å². The Kier molecular flexibility index (Phi) is 4.03. The molecule has 1 heterocycles. The highest BCUT2D eigenvalue weighted by atomic mass is 35.5. The topological polar surface area (TPSA) is 38.0 Å². The third-order valence-corrected chi connectivity index (χ3v) is 7.44. The van der Waals surface area contributed by atoms with Crippen molar-refractivity contribution < 1.29 is 0 Å². The number of hydrogen-bond acceptors (Lipinski definition) is 2. The summed E-state index contributed by atoms with van der Waals surface area (Å²) in [5.41, 5.74) is 5.74. The van der Waals surface area contributed by atoms with E-state index in [1.165, 1.54) is 17.7 Å². The monoisotopic (exact) mass is 280 g/mol. The third kappa shape index (κ3) is 3.30. The van der Waals surface area contributed by atoms with Gasteiger partial charge in [-0.1, -0.05) is 48.1 Å². The van der Waals surface area contributed by atoms with Gasteiger partial charge in [-0.15, -0.1) is 0 Å². The van der Waals surface area contributed by atoms with E-state index >= 15 is 0 Å². The van der Waals surface area contributed by atoms with E-state index in [9.17, 15) is 0 Å². The predicted molar refractivity (Wildman–Crippen MR) is 81.8 cm³/mol. The lowest BCUT2D eigenvalue weighted by Crippen LogP contribution is -2.41. The van der Waals surface area contributed by atoms with Crippen molar-refractivity contribution in [2.45, 2.75) is 25.6 Å². The maximum Gasteiger partial charge on any atom is 0.0922 e. The van der Waals surface area contributed by atoms with Gasteiger partial charge < -0.3 is 11.1 Å². The van der Waals surface area contributed by atoms with Gasteiger partial charge in [0.2, 0.25) is 0 Å². The first-order chi connectivity index (χ1) is 8.47. The summed E-state index contributed by atoms with van der Waals surface area (Å²) in [6.07, 6.45) is 3.38. The summed E-state index contributed by atoms with van der Waals surface area (Å²) in [4.78, 5) is 0. The second-order valence-corrected chi connectivity index (χ2v) is 11.0. The molecule has 0 aromatic heterocycles. The molecule has 2 nitrogen and oxygen atoms in total. The molecule has 2 rings (SSSR count). The Morgan fingerprint density at radius 1 is 1.33 bits per heavy atom. The summed E-state index contributed by atoms with van der Waals surface area (Å²) >= 11 is 5.94. The number of benzene rings is 1. The van der Waals surface area contributed by atoms with E-state index in [4.69, 9.17) is 17.3 Å². The second kappa shape index (κ2) is 5.37. The smallest absolute Gasteiger partial charge is 0.0922 e. The van der Waals surface area contributed by atoms with Crippen molar-refractivity contribution in [3.8, 4) is 0 Å². The molecule has 98 valence electrons. The van der Waals surface area contributed by atoms with Crippen LogP contribution in [0.25, 0.3) is 0 Å². The van der Waals surface area contributed by atoms with Gasteiger partial charge in [-0.3, -0.25) is 0 Å². The molecular formula is C14H21ClN2Si. The number of halogens is 1. The largest absolute Gasteiger partial charge is 0.386 e. The van der Waals surface area contributed by atoms with Gasteiger partial charge in [-0.25, -0.2) is 0 Å². The van der Waals surface area contributed by atoms with Crippen LogP contribution in [0.2, 0.25) is 24.2 Å². The maximum atomic E-state index is 5.94. The van der Waals surface area contributed by atoms with Crippen LogP contribution >= 0.6 is 11.6 Å². The highest BCUT2D eigenvalue weighted by molar-refractivity contribution is 6.89. The van der Waals surface area contributed by atoms with Crippen LogP contribution in [0.5, 0.6) is 0 Å². The van der Waals surface area contributed by atoms with Crippen molar-refractivity contribution in [3.05, 3.63) is 41.2 Å². The lowest BCUT2D eigenvalue weighted by molar-refractivity contribution is 0.626. The van der Waals surface area contributed by atoms with Gasteiger partial charge in [-0.2, -0.15) is 0 Å². The zero-order valence-corrected chi connectivity index (χ0v) is 12.8. The van der Waals surface area contributed by atoms with E-state index in [0.29, 0.717) is 5.92 Å². The van der Waals surface area contributed by atoms with Gasteiger partial charge in [0.05, 0.1) is 13.9 Å². The lowest BCUT2D eigenvalue weighted by atomic mass is 10.1. The van der Waals surface area contributed by atoms with E-state index in [1.54, 1.807) is 0 Å². The van der Waals surface area contributed by atoms with Crippen LogP contribution in [-0.4, -0.2) is 14.6 Å². The lowest BCUT2D eigenvalue weighted by Gasteiger charge is -2.24. The van der Waals surface area contributed by atoms with Gasteiger partial charge in [0.15, 0.2) is 0 Å². The molecule has 0 aliphatic carbocycles. The molecule has 0 fully saturated rings. The number of rotatable bonds is 4. The summed E-state index contributed by atoms with van der Waals surface area (Å²) in [5, 5.41) is 5.49. The molecule has 0 spiro atoms. The molecule has 18 heavy (non-hydrogen) atoms. The van der Waals surface area contributed by atoms with Gasteiger partial charge in [0.25, 0.3) is 0 Å². The molecule has 1 aromatic carbocycles. The van der Waals surface area contributed by atoms with E-state index in [1.807, 2.05) is 12.1 Å². The SMILES string of the molecule is C[Si](C)(CC[C@H]1C=C(N)NC1)c1ccc(Cl)cc1. The Morgan fingerprint density at radius 3 is 2.56 bits per heavy atom. The van der Waals surface area contributed by atoms with Crippen LogP contribution in [0.1, 0.15) is 6.42 Å². The minimum atomic E-state index is -1.35. The maximum absolute atomic E-state index is 5.94. The van der Waals surface area contributed by atoms with Crippen LogP contribution in [0.3, 0.4) is 0 Å². The molecule has 1 aliphatic rings. The van der Waals surface area contributed by atoms with Gasteiger partial charge >= 0.3 is 0 Å². The molecular weight excluding hydrogens is 260 g/mol. The van der Waals surface area contributed by atoms with Crippen LogP contribution in [0.15, 0.2) is 36.2 Å². The van der Waals surface area contributed by atoms with Gasteiger partial charge in [0.1, 0.15) is 0 Å². The Labute approximate surface area is 115 Å². The summed E-state index contributed by atoms with van der Waals surface area (Å²) in [6, 6.07) is 9.66. The summed E-state index contributed by atoms with van der Waals surface area (Å²) in [6.45, 7) is 5.84. The Hall–Kier alpha value is -0.933. The fourth-order valence-corrected chi connectivity index (χ4v) is 4.97. The molecule has 0 saturated heterocycles. The molecule has 1 aromatic rings. The Balaban J connectivity index is 1.96. The molecule has 3 N–H and O–H groups in total. The summed E-state index contributed by atoms with van der Waals surface area (Å²) in [5.74, 6) is 1.44. The standard InChI is InChI=1S/C14H21ClN2Si/c1-18(2,13-5-3-12(15)4-6-13)8-7-11-9-14(16)17-10-11/h3-6,9,11,17H,7-8,10,16H2,1-2H3/t11-/m0/s1. The molecule has 0 saturated carbocycles. The second-order valence-electron chi connectivity index (χ2n) is 5.69. The van der Waals surface area contributed by atoms with Crippen LogP contribution in [0, 0.1) is 5.92 Å². The molecule has 0 unspecified atom stereocenters. The normalized spacial score (nSPS) is 19.5. The van der Waals surface area contributed by atoms with Crippen LogP contribution in [-0.2, 0) is 0 Å². The van der Waals surface area contributed by atoms with Crippen LogP contribution < -0.4 is 16.2 Å². The average molecular weight is 281 g/mol. The molecule has 0 amide bonds. The Morgan fingerprint density at radius 2 is 2.00 bits per heavy atom. The van der Waals surface area contributed by atoms with Crippen molar-refractivity contribution in [3.63, 3.8) is 0 Å². The van der Waals surface area contributed by atoms with E-state index in [0.717, 1.165) is 17.4 Å². The zero-order valence-electron chi connectivity index (χ0n) is 11.0. The first-order valence-corrected chi connectivity index (χ1v) is 10.0. The average Bonchev–Trinajstić information content (AvgIpc) is 2.73. The fraction of sp³-hybridized carbons (Fsp3) is 0.429. The molecule has 1 aliphatic heterocycles. The first kappa shape index (κ1) is 13.5. The third-order valence-electron chi connectivity index (χ3n) is 3.75. The molecule has 4 heteroatoms. The van der Waals surface area contributed by atoms with Crippen molar-refractivity contribution >= 4 is 24.9 Å². The first-order valence-electron chi connectivity index (χ1n) is 6.44. The van der Waals surface area contributed by atoms with Gasteiger partial charge in [-0.05, 0) is 30.5 Å². The fourth-order valence-electron chi connectivity index (χ4n) is 2.40. The number of nitrogens with two attached hydrogens (primary N) is 1. The highest BCUT2D eigenvalue weighted by Crippen LogP contribution is 2.21. The highest BCUT2D eigenvalue weighted by Gasteiger charge is 2.25. The van der Waals surface area contributed by atoms with Gasteiger partial charge in [0, 0.05) is 11.6 Å². The van der Waals surface area contributed by atoms with Crippen molar-refractivity contribution in [2.24, 2.45) is 11.7 Å². The van der Waals surface area contributed by atoms with E-state index in [-0.39, 0.29) is 0 Å². The van der Waals surface area contributed by atoms with E-state index in [2.05, 4.69) is 36.6 Å². The molecule has 0 bridgehead atoms. The van der Waals surface area contributed by atoms with Crippen LogP contribution in [0.4, 0.5) is 0 Å². The predicted octanol–water partition coefficient (Wildman–Crippen LogP) is 2.67. The number of nitrogens with one attached hydrogen (secondary N) is 1. The van der Waals surface area contributed by atoms with Crippen molar-refractivity contribution in [1.29, 1.82) is 0 Å². The minimum absolute atomic E-state index is 0.601. The number of hydrogen-bond donors (Lipinski definition) is 2.